The lowest BCUT2D eigenvalue weighted by molar-refractivity contribution is -0.380. The van der Waals surface area contributed by atoms with Gasteiger partial charge in [0.1, 0.15) is 0 Å². The summed E-state index contributed by atoms with van der Waals surface area (Å²) in [5.74, 6) is 0. The van der Waals surface area contributed by atoms with E-state index in [0.717, 1.165) is 17.1 Å². The monoisotopic (exact) mass is 291 g/mol. The van der Waals surface area contributed by atoms with E-state index in [1.54, 1.807) is 12.1 Å². The highest BCUT2D eigenvalue weighted by Gasteiger charge is 2.09. The smallest absolute Gasteiger partial charge is 0.324 e. The van der Waals surface area contributed by atoms with Crippen molar-refractivity contribution < 1.29 is 4.92 Å². The SMILES string of the molecule is CN(C)Cc1cccc(NCc2ccc([N+](=O)[O-])s2)c1. The van der Waals surface area contributed by atoms with Gasteiger partial charge in [-0.2, -0.15) is 0 Å². The van der Waals surface area contributed by atoms with Crippen LogP contribution in [0.2, 0.25) is 0 Å². The van der Waals surface area contributed by atoms with Crippen molar-refractivity contribution in [2.45, 2.75) is 13.1 Å². The molecule has 5 nitrogen and oxygen atoms in total. The predicted molar refractivity (Wildman–Crippen MR) is 82.1 cm³/mol. The lowest BCUT2D eigenvalue weighted by atomic mass is 10.2. The van der Waals surface area contributed by atoms with Crippen LogP contribution in [0.15, 0.2) is 36.4 Å². The Morgan fingerprint density at radius 2 is 2.10 bits per heavy atom. The first-order valence-electron chi connectivity index (χ1n) is 6.25. The number of nitro groups is 1. The minimum atomic E-state index is -0.355. The van der Waals surface area contributed by atoms with Gasteiger partial charge in [-0.15, -0.1) is 0 Å². The van der Waals surface area contributed by atoms with Gasteiger partial charge in [-0.1, -0.05) is 23.5 Å². The third-order valence-corrected chi connectivity index (χ3v) is 3.76. The quantitative estimate of drug-likeness (QED) is 0.655. The number of benzene rings is 1. The Morgan fingerprint density at radius 3 is 2.75 bits per heavy atom. The van der Waals surface area contributed by atoms with Gasteiger partial charge in [-0.3, -0.25) is 10.1 Å². The van der Waals surface area contributed by atoms with Gasteiger partial charge in [0.15, 0.2) is 0 Å². The molecule has 0 amide bonds. The van der Waals surface area contributed by atoms with Crippen molar-refractivity contribution in [2.75, 3.05) is 19.4 Å². The van der Waals surface area contributed by atoms with Crippen LogP contribution in [0.3, 0.4) is 0 Å². The lowest BCUT2D eigenvalue weighted by Crippen LogP contribution is -2.10. The Bertz CT molecular complexity index is 596. The fourth-order valence-corrected chi connectivity index (χ4v) is 2.65. The van der Waals surface area contributed by atoms with Gasteiger partial charge >= 0.3 is 5.00 Å². The summed E-state index contributed by atoms with van der Waals surface area (Å²) in [5.41, 5.74) is 2.26. The molecule has 0 aliphatic heterocycles. The van der Waals surface area contributed by atoms with Crippen molar-refractivity contribution in [1.29, 1.82) is 0 Å². The summed E-state index contributed by atoms with van der Waals surface area (Å²) in [6, 6.07) is 11.5. The van der Waals surface area contributed by atoms with E-state index >= 15 is 0 Å². The summed E-state index contributed by atoms with van der Waals surface area (Å²) in [6.07, 6.45) is 0. The fourth-order valence-electron chi connectivity index (χ4n) is 1.89. The van der Waals surface area contributed by atoms with Gasteiger partial charge in [-0.25, -0.2) is 0 Å². The van der Waals surface area contributed by atoms with E-state index in [1.807, 2.05) is 26.2 Å². The molecule has 106 valence electrons. The molecule has 0 saturated carbocycles. The van der Waals surface area contributed by atoms with Gasteiger partial charge in [0.2, 0.25) is 0 Å². The summed E-state index contributed by atoms with van der Waals surface area (Å²) in [7, 11) is 4.07. The minimum Gasteiger partial charge on any atom is -0.380 e. The van der Waals surface area contributed by atoms with E-state index in [2.05, 4.69) is 22.3 Å². The summed E-state index contributed by atoms with van der Waals surface area (Å²) in [5, 5.41) is 14.1. The maximum atomic E-state index is 10.6. The number of rotatable bonds is 6. The molecule has 0 fully saturated rings. The summed E-state index contributed by atoms with van der Waals surface area (Å²) >= 11 is 1.21. The molecule has 0 spiro atoms. The Balaban J connectivity index is 1.97. The highest BCUT2D eigenvalue weighted by atomic mass is 32.1. The number of nitrogens with one attached hydrogen (secondary N) is 1. The molecule has 0 aliphatic rings. The Hall–Kier alpha value is -1.92. The molecule has 6 heteroatoms. The van der Waals surface area contributed by atoms with E-state index in [-0.39, 0.29) is 9.92 Å². The van der Waals surface area contributed by atoms with E-state index in [1.165, 1.54) is 16.9 Å². The first kappa shape index (κ1) is 14.5. The van der Waals surface area contributed by atoms with Crippen molar-refractivity contribution in [3.05, 3.63) is 57.0 Å². The number of anilines is 1. The minimum absolute atomic E-state index is 0.183. The predicted octanol–water partition coefficient (Wildman–Crippen LogP) is 3.33. The topological polar surface area (TPSA) is 58.4 Å². The van der Waals surface area contributed by atoms with E-state index in [4.69, 9.17) is 0 Å². The average Bonchev–Trinajstić information content (AvgIpc) is 2.85. The van der Waals surface area contributed by atoms with Crippen LogP contribution < -0.4 is 5.32 Å². The van der Waals surface area contributed by atoms with Crippen LogP contribution in [0.25, 0.3) is 0 Å². The highest BCUT2D eigenvalue weighted by Crippen LogP contribution is 2.24. The second-order valence-electron chi connectivity index (χ2n) is 4.79. The molecule has 0 atom stereocenters. The Morgan fingerprint density at radius 1 is 1.30 bits per heavy atom. The highest BCUT2D eigenvalue weighted by molar-refractivity contribution is 7.15. The fraction of sp³-hybridized carbons (Fsp3) is 0.286. The van der Waals surface area contributed by atoms with Crippen molar-refractivity contribution in [2.24, 2.45) is 0 Å². The Kier molecular flexibility index (Phi) is 4.70. The van der Waals surface area contributed by atoms with Gasteiger partial charge in [0.05, 0.1) is 4.92 Å². The maximum absolute atomic E-state index is 10.6. The van der Waals surface area contributed by atoms with Crippen molar-refractivity contribution in [3.8, 4) is 0 Å². The summed E-state index contributed by atoms with van der Waals surface area (Å²) < 4.78 is 0. The molecule has 20 heavy (non-hydrogen) atoms. The molecule has 2 aromatic rings. The van der Waals surface area contributed by atoms with Crippen LogP contribution >= 0.6 is 11.3 Å². The van der Waals surface area contributed by atoms with Crippen LogP contribution in [0.5, 0.6) is 0 Å². The van der Waals surface area contributed by atoms with Crippen LogP contribution in [-0.4, -0.2) is 23.9 Å². The molecule has 1 N–H and O–H groups in total. The molecule has 2 rings (SSSR count). The first-order valence-corrected chi connectivity index (χ1v) is 7.07. The maximum Gasteiger partial charge on any atom is 0.324 e. The van der Waals surface area contributed by atoms with Crippen molar-refractivity contribution >= 4 is 22.0 Å². The number of hydrogen-bond donors (Lipinski definition) is 1. The van der Waals surface area contributed by atoms with Gasteiger partial charge in [0.25, 0.3) is 0 Å². The molecule has 0 aliphatic carbocycles. The molecule has 1 aromatic carbocycles. The zero-order valence-corrected chi connectivity index (χ0v) is 12.3. The van der Waals surface area contributed by atoms with Crippen molar-refractivity contribution in [1.82, 2.24) is 4.90 Å². The molecular formula is C14H17N3O2S. The molecule has 0 saturated heterocycles. The van der Waals surface area contributed by atoms with E-state index < -0.39 is 0 Å². The van der Waals surface area contributed by atoms with Crippen LogP contribution in [0.1, 0.15) is 10.4 Å². The number of nitrogens with zero attached hydrogens (tertiary/aromatic N) is 2. The molecule has 1 aromatic heterocycles. The molecule has 1 heterocycles. The van der Waals surface area contributed by atoms with E-state index in [0.29, 0.717) is 6.54 Å². The van der Waals surface area contributed by atoms with Crippen LogP contribution in [0.4, 0.5) is 10.7 Å². The standard InChI is InChI=1S/C14H17N3O2S/c1-16(2)10-11-4-3-5-12(8-11)15-9-13-6-7-14(20-13)17(18)19/h3-8,15H,9-10H2,1-2H3. The molecule has 0 radical (unpaired) electrons. The zero-order valence-electron chi connectivity index (χ0n) is 11.5. The average molecular weight is 291 g/mol. The third-order valence-electron chi connectivity index (χ3n) is 2.72. The molecular weight excluding hydrogens is 274 g/mol. The summed E-state index contributed by atoms with van der Waals surface area (Å²) in [6.45, 7) is 1.49. The van der Waals surface area contributed by atoms with Gasteiger partial charge < -0.3 is 10.2 Å². The summed E-state index contributed by atoms with van der Waals surface area (Å²) in [4.78, 5) is 13.3. The van der Waals surface area contributed by atoms with Gasteiger partial charge in [-0.05, 0) is 37.9 Å². The normalized spacial score (nSPS) is 10.8. The van der Waals surface area contributed by atoms with Crippen LogP contribution in [-0.2, 0) is 13.1 Å². The van der Waals surface area contributed by atoms with E-state index in [9.17, 15) is 10.1 Å². The van der Waals surface area contributed by atoms with Gasteiger partial charge in [0, 0.05) is 29.7 Å². The molecule has 0 unspecified atom stereocenters. The lowest BCUT2D eigenvalue weighted by Gasteiger charge is -2.11. The van der Waals surface area contributed by atoms with Crippen molar-refractivity contribution in [3.63, 3.8) is 0 Å². The van der Waals surface area contributed by atoms with Crippen LogP contribution in [0, 0.1) is 10.1 Å². The molecule has 0 bridgehead atoms. The number of thiophene rings is 1. The second-order valence-corrected chi connectivity index (χ2v) is 5.94. The Labute approximate surface area is 122 Å². The zero-order chi connectivity index (χ0) is 14.5. The third kappa shape index (κ3) is 4.04. The number of hydrogen-bond acceptors (Lipinski definition) is 5. The first-order chi connectivity index (χ1) is 9.54. The second kappa shape index (κ2) is 6.49. The largest absolute Gasteiger partial charge is 0.380 e.